The summed E-state index contributed by atoms with van der Waals surface area (Å²) in [6.45, 7) is 3.66. The molecule has 0 aliphatic rings. The zero-order valence-corrected chi connectivity index (χ0v) is 15.3. The molecule has 0 unspecified atom stereocenters. The van der Waals surface area contributed by atoms with Crippen molar-refractivity contribution in [3.63, 3.8) is 0 Å². The smallest absolute Gasteiger partial charge is 0.246 e. The number of carbonyl (C=O) groups excluding carboxylic acids is 2. The van der Waals surface area contributed by atoms with Crippen molar-refractivity contribution in [1.82, 2.24) is 25.1 Å². The maximum absolute atomic E-state index is 12.3. The summed E-state index contributed by atoms with van der Waals surface area (Å²) >= 11 is 0. The summed E-state index contributed by atoms with van der Waals surface area (Å²) in [7, 11) is 1.55. The van der Waals surface area contributed by atoms with E-state index in [1.54, 1.807) is 19.2 Å². The highest BCUT2D eigenvalue weighted by atomic mass is 16.3. The third-order valence-corrected chi connectivity index (χ3v) is 3.94. The second-order valence-electron chi connectivity index (χ2n) is 6.24. The summed E-state index contributed by atoms with van der Waals surface area (Å²) in [5, 5.41) is 14.6. The normalized spacial score (nSPS) is 10.6. The van der Waals surface area contributed by atoms with E-state index in [2.05, 4.69) is 20.7 Å². The zero-order chi connectivity index (χ0) is 19.4. The summed E-state index contributed by atoms with van der Waals surface area (Å²) in [6.07, 6.45) is 1.50. The molecule has 0 aliphatic carbocycles. The number of aryl methyl sites for hydroxylation is 2. The molecule has 1 aromatic carbocycles. The van der Waals surface area contributed by atoms with Gasteiger partial charge in [0.15, 0.2) is 5.76 Å². The van der Waals surface area contributed by atoms with E-state index >= 15 is 0 Å². The van der Waals surface area contributed by atoms with Gasteiger partial charge in [-0.1, -0.05) is 12.1 Å². The van der Waals surface area contributed by atoms with Crippen LogP contribution in [0.4, 0.5) is 5.69 Å². The second-order valence-corrected chi connectivity index (χ2v) is 6.24. The Hall–Kier alpha value is -3.49. The van der Waals surface area contributed by atoms with E-state index in [-0.39, 0.29) is 24.9 Å². The first kappa shape index (κ1) is 18.3. The Morgan fingerprint density at radius 3 is 2.81 bits per heavy atom. The zero-order valence-electron chi connectivity index (χ0n) is 15.3. The van der Waals surface area contributed by atoms with Gasteiger partial charge in [-0.3, -0.25) is 9.59 Å². The Balaban J connectivity index is 1.56. The van der Waals surface area contributed by atoms with E-state index < -0.39 is 0 Å². The number of nitrogens with zero attached hydrogens (tertiary/aromatic N) is 5. The minimum absolute atomic E-state index is 0.0774. The molecule has 140 valence electrons. The van der Waals surface area contributed by atoms with Gasteiger partial charge < -0.3 is 14.6 Å². The number of carbonyl (C=O) groups is 2. The molecule has 0 fully saturated rings. The van der Waals surface area contributed by atoms with E-state index in [4.69, 9.17) is 4.42 Å². The van der Waals surface area contributed by atoms with Crippen molar-refractivity contribution in [2.45, 2.75) is 20.4 Å². The van der Waals surface area contributed by atoms with Crippen LogP contribution in [-0.4, -0.2) is 50.5 Å². The molecule has 1 N–H and O–H groups in total. The Morgan fingerprint density at radius 2 is 2.07 bits per heavy atom. The molecular weight excluding hydrogens is 348 g/mol. The molecule has 0 atom stereocenters. The molecule has 9 heteroatoms. The minimum atomic E-state index is -0.311. The van der Waals surface area contributed by atoms with E-state index in [1.807, 2.05) is 32.0 Å². The fourth-order valence-electron chi connectivity index (χ4n) is 2.42. The summed E-state index contributed by atoms with van der Waals surface area (Å²) in [5.74, 6) is 0.176. The standard InChI is InChI=1S/C18H20N6O3/c1-12-6-7-13(2)14(9-12)19-16(25)10-23(3)17(26)11-24-21-18(20-22-24)15-5-4-8-27-15/h4-9H,10-11H2,1-3H3,(H,19,25). The maximum atomic E-state index is 12.3. The predicted octanol–water partition coefficient (Wildman–Crippen LogP) is 1.65. The summed E-state index contributed by atoms with van der Waals surface area (Å²) < 4.78 is 5.19. The monoisotopic (exact) mass is 368 g/mol. The van der Waals surface area contributed by atoms with Crippen molar-refractivity contribution in [1.29, 1.82) is 0 Å². The topological polar surface area (TPSA) is 106 Å². The number of aromatic nitrogens is 4. The van der Waals surface area contributed by atoms with E-state index in [0.717, 1.165) is 16.8 Å². The van der Waals surface area contributed by atoms with Crippen LogP contribution in [0.3, 0.4) is 0 Å². The molecule has 0 saturated carbocycles. The number of anilines is 1. The van der Waals surface area contributed by atoms with E-state index in [9.17, 15) is 9.59 Å². The lowest BCUT2D eigenvalue weighted by Gasteiger charge is -2.17. The largest absolute Gasteiger partial charge is 0.461 e. The third kappa shape index (κ3) is 4.57. The number of hydrogen-bond acceptors (Lipinski definition) is 6. The number of hydrogen-bond donors (Lipinski definition) is 1. The highest BCUT2D eigenvalue weighted by Crippen LogP contribution is 2.16. The first-order valence-corrected chi connectivity index (χ1v) is 8.35. The van der Waals surface area contributed by atoms with Gasteiger partial charge in [0.05, 0.1) is 12.8 Å². The first-order valence-electron chi connectivity index (χ1n) is 8.35. The van der Waals surface area contributed by atoms with Crippen LogP contribution in [0.5, 0.6) is 0 Å². The molecule has 0 radical (unpaired) electrons. The third-order valence-electron chi connectivity index (χ3n) is 3.94. The van der Waals surface area contributed by atoms with Crippen LogP contribution in [0, 0.1) is 13.8 Å². The molecule has 2 heterocycles. The number of nitrogens with one attached hydrogen (secondary N) is 1. The molecule has 27 heavy (non-hydrogen) atoms. The fraction of sp³-hybridized carbons (Fsp3) is 0.278. The van der Waals surface area contributed by atoms with Crippen molar-refractivity contribution in [3.05, 3.63) is 47.7 Å². The predicted molar refractivity (Wildman–Crippen MR) is 97.7 cm³/mol. The molecule has 0 bridgehead atoms. The minimum Gasteiger partial charge on any atom is -0.461 e. The van der Waals surface area contributed by atoms with Crippen molar-refractivity contribution < 1.29 is 14.0 Å². The summed E-state index contributed by atoms with van der Waals surface area (Å²) in [5.41, 5.74) is 2.74. The molecule has 0 aliphatic heterocycles. The Morgan fingerprint density at radius 1 is 1.26 bits per heavy atom. The van der Waals surface area contributed by atoms with Gasteiger partial charge in [-0.15, -0.1) is 10.2 Å². The molecule has 9 nitrogen and oxygen atoms in total. The number of likely N-dealkylation sites (N-methyl/N-ethyl adjacent to an activating group) is 1. The van der Waals surface area contributed by atoms with Crippen molar-refractivity contribution in [2.75, 3.05) is 18.9 Å². The van der Waals surface area contributed by atoms with Crippen LogP contribution in [0.15, 0.2) is 41.0 Å². The Kier molecular flexibility index (Phi) is 5.30. The van der Waals surface area contributed by atoms with Gasteiger partial charge in [0.2, 0.25) is 17.6 Å². The number of amides is 2. The van der Waals surface area contributed by atoms with Crippen LogP contribution in [0.1, 0.15) is 11.1 Å². The van der Waals surface area contributed by atoms with E-state index in [1.165, 1.54) is 16.0 Å². The van der Waals surface area contributed by atoms with Crippen molar-refractivity contribution >= 4 is 17.5 Å². The molecule has 3 aromatic rings. The number of rotatable bonds is 6. The van der Waals surface area contributed by atoms with Gasteiger partial charge in [0, 0.05) is 12.7 Å². The van der Waals surface area contributed by atoms with Crippen LogP contribution in [-0.2, 0) is 16.1 Å². The average molecular weight is 368 g/mol. The van der Waals surface area contributed by atoms with Crippen molar-refractivity contribution in [2.24, 2.45) is 0 Å². The van der Waals surface area contributed by atoms with Crippen molar-refractivity contribution in [3.8, 4) is 11.6 Å². The maximum Gasteiger partial charge on any atom is 0.246 e. The van der Waals surface area contributed by atoms with Crippen LogP contribution in [0.2, 0.25) is 0 Å². The number of furan rings is 1. The van der Waals surface area contributed by atoms with Crippen LogP contribution >= 0.6 is 0 Å². The van der Waals surface area contributed by atoms with Gasteiger partial charge in [0.1, 0.15) is 6.54 Å². The van der Waals surface area contributed by atoms with Gasteiger partial charge in [-0.05, 0) is 48.4 Å². The molecule has 0 saturated heterocycles. The summed E-state index contributed by atoms with van der Waals surface area (Å²) in [6, 6.07) is 9.22. The molecule has 2 aromatic heterocycles. The lowest BCUT2D eigenvalue weighted by molar-refractivity contribution is -0.134. The highest BCUT2D eigenvalue weighted by Gasteiger charge is 2.16. The average Bonchev–Trinajstić information content (AvgIpc) is 3.29. The number of tetrazole rings is 1. The molecule has 2 amide bonds. The first-order chi connectivity index (χ1) is 12.9. The van der Waals surface area contributed by atoms with Gasteiger partial charge in [-0.25, -0.2) is 0 Å². The fourth-order valence-corrected chi connectivity index (χ4v) is 2.42. The van der Waals surface area contributed by atoms with E-state index in [0.29, 0.717) is 11.6 Å². The molecule has 0 spiro atoms. The van der Waals surface area contributed by atoms with Crippen LogP contribution in [0.25, 0.3) is 11.6 Å². The van der Waals surface area contributed by atoms with Gasteiger partial charge in [-0.2, -0.15) is 4.80 Å². The lowest BCUT2D eigenvalue weighted by atomic mass is 10.1. The van der Waals surface area contributed by atoms with Gasteiger partial charge in [0.25, 0.3) is 0 Å². The summed E-state index contributed by atoms with van der Waals surface area (Å²) in [4.78, 5) is 27.0. The Bertz CT molecular complexity index is 948. The van der Waals surface area contributed by atoms with Gasteiger partial charge >= 0.3 is 0 Å². The lowest BCUT2D eigenvalue weighted by Crippen LogP contribution is -2.37. The molecular formula is C18H20N6O3. The van der Waals surface area contributed by atoms with Crippen LogP contribution < -0.4 is 5.32 Å². The molecule has 3 rings (SSSR count). The number of benzene rings is 1. The SMILES string of the molecule is Cc1ccc(C)c(NC(=O)CN(C)C(=O)Cn2nnc(-c3ccco3)n2)c1. The second kappa shape index (κ2) is 7.81. The quantitative estimate of drug-likeness (QED) is 0.709. The Labute approximate surface area is 156 Å². The highest BCUT2D eigenvalue weighted by molar-refractivity contribution is 5.95.